The topological polar surface area (TPSA) is 16.1 Å². The molecule has 2 heterocycles. The van der Waals surface area contributed by atoms with Gasteiger partial charge in [-0.15, -0.1) is 0 Å². The molecular formula is C30H24N2. The minimum absolute atomic E-state index is 0.0544. The highest BCUT2D eigenvalue weighted by atomic mass is 15.2. The molecule has 0 spiro atoms. The number of nitrogens with zero attached hydrogens (tertiary/aromatic N) is 2. The first-order valence-corrected chi connectivity index (χ1v) is 11.1. The van der Waals surface area contributed by atoms with Gasteiger partial charge in [0.2, 0.25) is 0 Å². The summed E-state index contributed by atoms with van der Waals surface area (Å²) in [6, 6.07) is 38.8. The Hall–Kier alpha value is -3.91. The Balaban J connectivity index is 1.54. The van der Waals surface area contributed by atoms with Crippen molar-refractivity contribution in [2.24, 2.45) is 0 Å². The largest absolute Gasteiger partial charge is 0.310 e. The quantitative estimate of drug-likeness (QED) is 0.292. The second-order valence-electron chi connectivity index (χ2n) is 8.93. The molecule has 6 rings (SSSR count). The van der Waals surface area contributed by atoms with Gasteiger partial charge in [0.25, 0.3) is 0 Å². The molecule has 2 heteroatoms. The van der Waals surface area contributed by atoms with Crippen LogP contribution < -0.4 is 4.90 Å². The monoisotopic (exact) mass is 412 g/mol. The molecule has 0 unspecified atom stereocenters. The molecule has 0 atom stereocenters. The molecule has 0 radical (unpaired) electrons. The molecule has 1 aliphatic rings. The molecule has 0 N–H and O–H groups in total. The SMILES string of the molecule is CC1(C)c2ccccc2N(c2cccc(-c3ccc4ccccc4n3)c2)c2ccccc21. The van der Waals surface area contributed by atoms with Crippen molar-refractivity contribution in [3.63, 3.8) is 0 Å². The standard InChI is InChI=1S/C30H24N2/c1-30(2)24-13-4-7-16-28(24)32(29-17-8-5-14-25(29)30)23-12-9-11-22(20-23)27-19-18-21-10-3-6-15-26(21)31-27/h3-20H,1-2H3. The van der Waals surface area contributed by atoms with E-state index < -0.39 is 0 Å². The lowest BCUT2D eigenvalue weighted by Gasteiger charge is -2.42. The van der Waals surface area contributed by atoms with Gasteiger partial charge < -0.3 is 4.90 Å². The number of pyridine rings is 1. The van der Waals surface area contributed by atoms with E-state index in [0.717, 1.165) is 27.8 Å². The van der Waals surface area contributed by atoms with E-state index in [2.05, 4.69) is 122 Å². The predicted octanol–water partition coefficient (Wildman–Crippen LogP) is 8.01. The minimum Gasteiger partial charge on any atom is -0.310 e. The van der Waals surface area contributed by atoms with Crippen LogP contribution in [0.4, 0.5) is 17.1 Å². The lowest BCUT2D eigenvalue weighted by atomic mass is 9.73. The van der Waals surface area contributed by atoms with Crippen LogP contribution >= 0.6 is 0 Å². The highest BCUT2D eigenvalue weighted by Crippen LogP contribution is 2.51. The first-order valence-electron chi connectivity index (χ1n) is 11.1. The van der Waals surface area contributed by atoms with Crippen molar-refractivity contribution in [2.75, 3.05) is 4.90 Å². The zero-order chi connectivity index (χ0) is 21.7. The maximum atomic E-state index is 4.92. The van der Waals surface area contributed by atoms with E-state index in [-0.39, 0.29) is 5.41 Å². The van der Waals surface area contributed by atoms with Crippen molar-refractivity contribution in [2.45, 2.75) is 19.3 Å². The fraction of sp³-hybridized carbons (Fsp3) is 0.100. The first kappa shape index (κ1) is 18.8. The molecule has 0 bridgehead atoms. The van der Waals surface area contributed by atoms with Gasteiger partial charge in [-0.1, -0.05) is 86.6 Å². The summed E-state index contributed by atoms with van der Waals surface area (Å²) < 4.78 is 0. The van der Waals surface area contributed by atoms with E-state index in [9.17, 15) is 0 Å². The smallest absolute Gasteiger partial charge is 0.0710 e. The van der Waals surface area contributed by atoms with E-state index in [1.807, 2.05) is 6.07 Å². The minimum atomic E-state index is -0.0544. The highest BCUT2D eigenvalue weighted by molar-refractivity contribution is 5.87. The highest BCUT2D eigenvalue weighted by Gasteiger charge is 2.36. The molecule has 0 amide bonds. The Bertz CT molecular complexity index is 1420. The molecular weight excluding hydrogens is 388 g/mol. The number of hydrogen-bond donors (Lipinski definition) is 0. The van der Waals surface area contributed by atoms with Crippen molar-refractivity contribution in [1.82, 2.24) is 4.98 Å². The lowest BCUT2D eigenvalue weighted by Crippen LogP contribution is -2.30. The second-order valence-corrected chi connectivity index (χ2v) is 8.93. The first-order chi connectivity index (χ1) is 15.6. The fourth-order valence-corrected chi connectivity index (χ4v) is 4.98. The van der Waals surface area contributed by atoms with Crippen LogP contribution in [0.2, 0.25) is 0 Å². The van der Waals surface area contributed by atoms with Crippen LogP contribution in [0.15, 0.2) is 109 Å². The van der Waals surface area contributed by atoms with Gasteiger partial charge >= 0.3 is 0 Å². The third-order valence-electron chi connectivity index (χ3n) is 6.64. The number of rotatable bonds is 2. The maximum Gasteiger partial charge on any atom is 0.0710 e. The van der Waals surface area contributed by atoms with Crippen LogP contribution in [-0.4, -0.2) is 4.98 Å². The molecule has 1 aromatic heterocycles. The predicted molar refractivity (Wildman–Crippen MR) is 134 cm³/mol. The summed E-state index contributed by atoms with van der Waals surface area (Å²) in [5, 5.41) is 1.16. The number of benzene rings is 4. The number of hydrogen-bond acceptors (Lipinski definition) is 2. The van der Waals surface area contributed by atoms with Crippen LogP contribution in [0.3, 0.4) is 0 Å². The van der Waals surface area contributed by atoms with E-state index in [4.69, 9.17) is 4.98 Å². The molecule has 0 fully saturated rings. The van der Waals surface area contributed by atoms with E-state index in [1.54, 1.807) is 0 Å². The molecule has 1 aliphatic heterocycles. The Labute approximate surface area is 188 Å². The zero-order valence-electron chi connectivity index (χ0n) is 18.3. The van der Waals surface area contributed by atoms with Crippen LogP contribution in [0.1, 0.15) is 25.0 Å². The molecule has 4 aromatic carbocycles. The van der Waals surface area contributed by atoms with Crippen LogP contribution in [0, 0.1) is 0 Å². The number of anilines is 3. The van der Waals surface area contributed by atoms with Gasteiger partial charge in [-0.3, -0.25) is 0 Å². The Morgan fingerprint density at radius 2 is 1.28 bits per heavy atom. The molecule has 32 heavy (non-hydrogen) atoms. The second kappa shape index (κ2) is 7.06. The Kier molecular flexibility index (Phi) is 4.16. The van der Waals surface area contributed by atoms with E-state index in [0.29, 0.717) is 0 Å². The van der Waals surface area contributed by atoms with Crippen molar-refractivity contribution < 1.29 is 0 Å². The molecule has 0 aliphatic carbocycles. The van der Waals surface area contributed by atoms with Gasteiger partial charge in [0.15, 0.2) is 0 Å². The van der Waals surface area contributed by atoms with Crippen molar-refractivity contribution >= 4 is 28.0 Å². The summed E-state index contributed by atoms with van der Waals surface area (Å²) in [7, 11) is 0. The van der Waals surface area contributed by atoms with Crippen LogP contribution in [-0.2, 0) is 5.41 Å². The Morgan fingerprint density at radius 1 is 0.625 bits per heavy atom. The summed E-state index contributed by atoms with van der Waals surface area (Å²) in [4.78, 5) is 7.31. The van der Waals surface area contributed by atoms with Gasteiger partial charge in [-0.2, -0.15) is 0 Å². The molecule has 154 valence electrons. The van der Waals surface area contributed by atoms with Gasteiger partial charge in [0.05, 0.1) is 22.6 Å². The Morgan fingerprint density at radius 3 is 2.03 bits per heavy atom. The summed E-state index contributed by atoms with van der Waals surface area (Å²) in [5.74, 6) is 0. The molecule has 0 saturated carbocycles. The summed E-state index contributed by atoms with van der Waals surface area (Å²) in [6.07, 6.45) is 0. The number of para-hydroxylation sites is 3. The van der Waals surface area contributed by atoms with Gasteiger partial charge in [-0.05, 0) is 47.5 Å². The number of fused-ring (bicyclic) bond motifs is 3. The van der Waals surface area contributed by atoms with Gasteiger partial charge in [0, 0.05) is 22.1 Å². The number of aromatic nitrogens is 1. The molecule has 0 saturated heterocycles. The average Bonchev–Trinajstić information content (AvgIpc) is 2.84. The van der Waals surface area contributed by atoms with Gasteiger partial charge in [0.1, 0.15) is 0 Å². The van der Waals surface area contributed by atoms with E-state index in [1.165, 1.54) is 22.5 Å². The summed E-state index contributed by atoms with van der Waals surface area (Å²) >= 11 is 0. The van der Waals surface area contributed by atoms with E-state index >= 15 is 0 Å². The summed E-state index contributed by atoms with van der Waals surface area (Å²) in [5.41, 5.74) is 9.37. The normalized spacial score (nSPS) is 14.1. The average molecular weight is 413 g/mol. The zero-order valence-corrected chi connectivity index (χ0v) is 18.3. The van der Waals surface area contributed by atoms with Crippen molar-refractivity contribution in [3.8, 4) is 11.3 Å². The van der Waals surface area contributed by atoms with Crippen molar-refractivity contribution in [3.05, 3.63) is 120 Å². The molecule has 5 aromatic rings. The fourth-order valence-electron chi connectivity index (χ4n) is 4.98. The third kappa shape index (κ3) is 2.84. The van der Waals surface area contributed by atoms with Crippen LogP contribution in [0.25, 0.3) is 22.2 Å². The van der Waals surface area contributed by atoms with Crippen molar-refractivity contribution in [1.29, 1.82) is 0 Å². The van der Waals surface area contributed by atoms with Crippen LogP contribution in [0.5, 0.6) is 0 Å². The lowest BCUT2D eigenvalue weighted by molar-refractivity contribution is 0.632. The third-order valence-corrected chi connectivity index (χ3v) is 6.64. The maximum absolute atomic E-state index is 4.92. The summed E-state index contributed by atoms with van der Waals surface area (Å²) in [6.45, 7) is 4.63. The molecule has 2 nitrogen and oxygen atoms in total. The van der Waals surface area contributed by atoms with Gasteiger partial charge in [-0.25, -0.2) is 4.98 Å².